The molecule has 0 radical (unpaired) electrons. The monoisotopic (exact) mass is 290 g/mol. The molecular formula is C15H18N2O2S. The number of carboxylic acids is 1. The lowest BCUT2D eigenvalue weighted by molar-refractivity contribution is 0.0697. The van der Waals surface area contributed by atoms with E-state index in [4.69, 9.17) is 5.11 Å². The van der Waals surface area contributed by atoms with E-state index in [2.05, 4.69) is 31.1 Å². The number of carbonyl (C=O) groups is 1. The molecule has 1 aromatic carbocycles. The molecule has 0 fully saturated rings. The molecule has 0 unspecified atom stereocenters. The van der Waals surface area contributed by atoms with Crippen LogP contribution in [0.5, 0.6) is 0 Å². The molecule has 4 nitrogen and oxygen atoms in total. The lowest BCUT2D eigenvalue weighted by Gasteiger charge is -2.13. The van der Waals surface area contributed by atoms with Gasteiger partial charge in [-0.3, -0.25) is 0 Å². The van der Waals surface area contributed by atoms with Crippen LogP contribution in [0.4, 0.5) is 5.69 Å². The quantitative estimate of drug-likeness (QED) is 0.900. The number of aromatic nitrogens is 1. The highest BCUT2D eigenvalue weighted by Gasteiger charge is 2.17. The van der Waals surface area contributed by atoms with Gasteiger partial charge in [-0.05, 0) is 18.2 Å². The molecule has 0 aliphatic rings. The smallest absolute Gasteiger partial charge is 0.335 e. The lowest BCUT2D eigenvalue weighted by Crippen LogP contribution is -2.09. The number of carboxylic acid groups (broad SMARTS) is 1. The second-order valence-electron chi connectivity index (χ2n) is 5.62. The van der Waals surface area contributed by atoms with Gasteiger partial charge in [0.15, 0.2) is 0 Å². The van der Waals surface area contributed by atoms with Gasteiger partial charge in [0.1, 0.15) is 0 Å². The maximum Gasteiger partial charge on any atom is 0.335 e. The number of aromatic carboxylic acids is 1. The van der Waals surface area contributed by atoms with Gasteiger partial charge < -0.3 is 10.4 Å². The van der Waals surface area contributed by atoms with Crippen LogP contribution in [0, 0.1) is 0 Å². The van der Waals surface area contributed by atoms with Gasteiger partial charge in [-0.25, -0.2) is 9.78 Å². The zero-order chi connectivity index (χ0) is 14.8. The van der Waals surface area contributed by atoms with Crippen LogP contribution >= 0.6 is 11.3 Å². The first-order valence-electron chi connectivity index (χ1n) is 6.38. The second kappa shape index (κ2) is 5.63. The van der Waals surface area contributed by atoms with Crippen LogP contribution in [0.25, 0.3) is 0 Å². The van der Waals surface area contributed by atoms with Crippen molar-refractivity contribution in [2.45, 2.75) is 32.7 Å². The van der Waals surface area contributed by atoms with Crippen molar-refractivity contribution in [3.63, 3.8) is 0 Å². The molecule has 20 heavy (non-hydrogen) atoms. The Morgan fingerprint density at radius 1 is 1.40 bits per heavy atom. The normalized spacial score (nSPS) is 11.3. The largest absolute Gasteiger partial charge is 0.478 e. The summed E-state index contributed by atoms with van der Waals surface area (Å²) < 4.78 is 0. The average molecular weight is 290 g/mol. The molecule has 2 rings (SSSR count). The lowest BCUT2D eigenvalue weighted by atomic mass is 9.98. The van der Waals surface area contributed by atoms with Gasteiger partial charge in [0, 0.05) is 22.2 Å². The van der Waals surface area contributed by atoms with Crippen LogP contribution in [0.1, 0.15) is 41.0 Å². The van der Waals surface area contributed by atoms with Crippen molar-refractivity contribution < 1.29 is 9.90 Å². The Bertz CT molecular complexity index is 614. The van der Waals surface area contributed by atoms with E-state index in [9.17, 15) is 4.79 Å². The number of anilines is 1. The summed E-state index contributed by atoms with van der Waals surface area (Å²) >= 11 is 1.68. The van der Waals surface area contributed by atoms with Crippen molar-refractivity contribution in [3.8, 4) is 0 Å². The van der Waals surface area contributed by atoms with E-state index in [0.29, 0.717) is 6.54 Å². The van der Waals surface area contributed by atoms with Gasteiger partial charge in [-0.1, -0.05) is 26.8 Å². The first kappa shape index (κ1) is 14.5. The number of benzene rings is 1. The average Bonchev–Trinajstić information content (AvgIpc) is 2.85. The summed E-state index contributed by atoms with van der Waals surface area (Å²) in [6.07, 6.45) is 1.87. The van der Waals surface area contributed by atoms with E-state index in [1.807, 2.05) is 12.3 Å². The van der Waals surface area contributed by atoms with Gasteiger partial charge >= 0.3 is 5.97 Å². The molecule has 0 aliphatic heterocycles. The Hall–Kier alpha value is -1.88. The van der Waals surface area contributed by atoms with Crippen LogP contribution in [-0.2, 0) is 12.0 Å². The summed E-state index contributed by atoms with van der Waals surface area (Å²) in [6.45, 7) is 7.06. The van der Waals surface area contributed by atoms with Crippen molar-refractivity contribution in [2.75, 3.05) is 5.32 Å². The van der Waals surface area contributed by atoms with Gasteiger partial charge in [0.25, 0.3) is 0 Å². The Labute approximate surface area is 122 Å². The van der Waals surface area contributed by atoms with E-state index < -0.39 is 5.97 Å². The molecule has 0 spiro atoms. The maximum absolute atomic E-state index is 10.9. The fourth-order valence-corrected chi connectivity index (χ4v) is 2.60. The third-order valence-electron chi connectivity index (χ3n) is 2.77. The number of nitrogens with one attached hydrogen (secondary N) is 1. The SMILES string of the molecule is CC(C)(C)c1ncc(CNc2cccc(C(=O)O)c2)s1. The molecule has 1 aromatic heterocycles. The van der Waals surface area contributed by atoms with Crippen LogP contribution in [0.3, 0.4) is 0 Å². The van der Waals surface area contributed by atoms with Crippen LogP contribution in [-0.4, -0.2) is 16.1 Å². The summed E-state index contributed by atoms with van der Waals surface area (Å²) in [7, 11) is 0. The number of hydrogen-bond acceptors (Lipinski definition) is 4. The summed E-state index contributed by atoms with van der Waals surface area (Å²) in [5.74, 6) is -0.915. The van der Waals surface area contributed by atoms with E-state index >= 15 is 0 Å². The standard InChI is InChI=1S/C15H18N2O2S/c1-15(2,3)14-17-9-12(20-14)8-16-11-6-4-5-10(7-11)13(18)19/h4-7,9,16H,8H2,1-3H3,(H,18,19). The van der Waals surface area contributed by atoms with Crippen LogP contribution < -0.4 is 5.32 Å². The third-order valence-corrected chi connectivity index (χ3v) is 4.19. The fraction of sp³-hybridized carbons (Fsp3) is 0.333. The summed E-state index contributed by atoms with van der Waals surface area (Å²) in [5.41, 5.74) is 1.15. The highest BCUT2D eigenvalue weighted by Crippen LogP contribution is 2.27. The van der Waals surface area contributed by atoms with Crippen LogP contribution in [0.15, 0.2) is 30.5 Å². The van der Waals surface area contributed by atoms with Gasteiger partial charge in [-0.2, -0.15) is 0 Å². The molecule has 0 saturated heterocycles. The highest BCUT2D eigenvalue weighted by molar-refractivity contribution is 7.11. The molecule has 0 aliphatic carbocycles. The molecule has 2 N–H and O–H groups in total. The van der Waals surface area contributed by atoms with Gasteiger partial charge in [0.2, 0.25) is 0 Å². The van der Waals surface area contributed by atoms with Crippen molar-refractivity contribution >= 4 is 23.0 Å². The molecule has 5 heteroatoms. The molecule has 106 valence electrons. The Balaban J connectivity index is 2.04. The minimum absolute atomic E-state index is 0.0616. The van der Waals surface area contributed by atoms with Crippen molar-refractivity contribution in [1.29, 1.82) is 0 Å². The highest BCUT2D eigenvalue weighted by atomic mass is 32.1. The zero-order valence-electron chi connectivity index (χ0n) is 11.8. The minimum atomic E-state index is -0.915. The first-order valence-corrected chi connectivity index (χ1v) is 7.20. The number of nitrogens with zero attached hydrogens (tertiary/aromatic N) is 1. The van der Waals surface area contributed by atoms with Gasteiger partial charge in [0.05, 0.1) is 17.1 Å². The predicted octanol–water partition coefficient (Wildman–Crippen LogP) is 3.75. The molecular weight excluding hydrogens is 272 g/mol. The minimum Gasteiger partial charge on any atom is -0.478 e. The van der Waals surface area contributed by atoms with Crippen LogP contribution in [0.2, 0.25) is 0 Å². The number of hydrogen-bond donors (Lipinski definition) is 2. The Kier molecular flexibility index (Phi) is 4.09. The van der Waals surface area contributed by atoms with E-state index in [1.54, 1.807) is 29.5 Å². The van der Waals surface area contributed by atoms with E-state index in [0.717, 1.165) is 15.6 Å². The topological polar surface area (TPSA) is 62.2 Å². The summed E-state index contributed by atoms with van der Waals surface area (Å²) in [6, 6.07) is 6.81. The molecule has 2 aromatic rings. The maximum atomic E-state index is 10.9. The second-order valence-corrected chi connectivity index (χ2v) is 6.74. The molecule has 0 bridgehead atoms. The number of thiazole rings is 1. The molecule has 0 amide bonds. The van der Waals surface area contributed by atoms with E-state index in [1.165, 1.54) is 0 Å². The summed E-state index contributed by atoms with van der Waals surface area (Å²) in [4.78, 5) is 16.5. The molecule has 0 saturated carbocycles. The van der Waals surface area contributed by atoms with Crippen molar-refractivity contribution in [2.24, 2.45) is 0 Å². The summed E-state index contributed by atoms with van der Waals surface area (Å²) in [5, 5.41) is 13.3. The fourth-order valence-electron chi connectivity index (χ4n) is 1.69. The Morgan fingerprint density at radius 2 is 2.15 bits per heavy atom. The van der Waals surface area contributed by atoms with Crippen molar-refractivity contribution in [3.05, 3.63) is 45.9 Å². The van der Waals surface area contributed by atoms with Gasteiger partial charge in [-0.15, -0.1) is 11.3 Å². The van der Waals surface area contributed by atoms with E-state index in [-0.39, 0.29) is 11.0 Å². The predicted molar refractivity (Wildman–Crippen MR) is 81.5 cm³/mol. The van der Waals surface area contributed by atoms with Crippen molar-refractivity contribution in [1.82, 2.24) is 4.98 Å². The first-order chi connectivity index (χ1) is 9.36. The third kappa shape index (κ3) is 3.57. The Morgan fingerprint density at radius 3 is 2.75 bits per heavy atom. The number of rotatable bonds is 4. The zero-order valence-corrected chi connectivity index (χ0v) is 12.6. The molecule has 1 heterocycles. The molecule has 0 atom stereocenters.